The van der Waals surface area contributed by atoms with Gasteiger partial charge in [-0.3, -0.25) is 9.52 Å². The van der Waals surface area contributed by atoms with Crippen LogP contribution in [0.3, 0.4) is 0 Å². The van der Waals surface area contributed by atoms with Gasteiger partial charge in [0.05, 0.1) is 4.90 Å². The van der Waals surface area contributed by atoms with E-state index in [4.69, 9.17) is 23.2 Å². The molecule has 0 heterocycles. The highest BCUT2D eigenvalue weighted by Crippen LogP contribution is 2.19. The van der Waals surface area contributed by atoms with Gasteiger partial charge in [0.15, 0.2) is 0 Å². The Labute approximate surface area is 179 Å². The van der Waals surface area contributed by atoms with Crippen molar-refractivity contribution in [1.82, 2.24) is 4.90 Å². The van der Waals surface area contributed by atoms with Crippen molar-refractivity contribution in [2.75, 3.05) is 11.8 Å². The molecule has 0 aliphatic carbocycles. The molecule has 150 valence electrons. The van der Waals surface area contributed by atoms with Crippen molar-refractivity contribution in [3.63, 3.8) is 0 Å². The van der Waals surface area contributed by atoms with Crippen LogP contribution in [0, 0.1) is 0 Å². The number of halogens is 2. The number of amides is 1. The van der Waals surface area contributed by atoms with Gasteiger partial charge in [-0.2, -0.15) is 0 Å². The van der Waals surface area contributed by atoms with Crippen LogP contribution in [0.1, 0.15) is 15.9 Å². The fourth-order valence-electron chi connectivity index (χ4n) is 2.66. The summed E-state index contributed by atoms with van der Waals surface area (Å²) in [5.74, 6) is -0.174. The van der Waals surface area contributed by atoms with Crippen molar-refractivity contribution < 1.29 is 13.2 Å². The van der Waals surface area contributed by atoms with Crippen molar-refractivity contribution in [2.45, 2.75) is 11.4 Å². The van der Waals surface area contributed by atoms with Gasteiger partial charge in [-0.05, 0) is 66.2 Å². The Balaban J connectivity index is 1.68. The molecule has 0 saturated heterocycles. The number of rotatable bonds is 6. The number of sulfonamides is 1. The minimum Gasteiger partial charge on any atom is -0.337 e. The number of hydrogen-bond donors (Lipinski definition) is 1. The Bertz CT molecular complexity index is 1100. The summed E-state index contributed by atoms with van der Waals surface area (Å²) in [6.07, 6.45) is 0. The van der Waals surface area contributed by atoms with Gasteiger partial charge < -0.3 is 4.90 Å². The molecule has 29 heavy (non-hydrogen) atoms. The normalized spacial score (nSPS) is 11.1. The van der Waals surface area contributed by atoms with Gasteiger partial charge in [-0.1, -0.05) is 35.3 Å². The lowest BCUT2D eigenvalue weighted by Gasteiger charge is -2.18. The molecule has 5 nitrogen and oxygen atoms in total. The van der Waals surface area contributed by atoms with Crippen molar-refractivity contribution in [1.29, 1.82) is 0 Å². The van der Waals surface area contributed by atoms with E-state index >= 15 is 0 Å². The second-order valence-electron chi connectivity index (χ2n) is 6.42. The summed E-state index contributed by atoms with van der Waals surface area (Å²) in [5.41, 5.74) is 1.77. The van der Waals surface area contributed by atoms with Gasteiger partial charge in [0, 0.05) is 34.9 Å². The van der Waals surface area contributed by atoms with E-state index in [0.29, 0.717) is 27.8 Å². The predicted molar refractivity (Wildman–Crippen MR) is 116 cm³/mol. The van der Waals surface area contributed by atoms with E-state index < -0.39 is 10.0 Å². The molecule has 0 radical (unpaired) electrons. The first-order valence-electron chi connectivity index (χ1n) is 8.63. The topological polar surface area (TPSA) is 66.5 Å². The van der Waals surface area contributed by atoms with Crippen LogP contribution in [-0.2, 0) is 16.6 Å². The molecule has 0 spiro atoms. The lowest BCUT2D eigenvalue weighted by atomic mass is 10.1. The van der Waals surface area contributed by atoms with Crippen LogP contribution in [0.2, 0.25) is 10.0 Å². The summed E-state index contributed by atoms with van der Waals surface area (Å²) in [4.78, 5) is 14.3. The summed E-state index contributed by atoms with van der Waals surface area (Å²) >= 11 is 11.7. The molecule has 0 bridgehead atoms. The third-order valence-corrected chi connectivity index (χ3v) is 6.09. The van der Waals surface area contributed by atoms with E-state index in [1.54, 1.807) is 48.3 Å². The molecule has 1 amide bonds. The predicted octanol–water partition coefficient (Wildman–Crippen LogP) is 5.07. The van der Waals surface area contributed by atoms with Gasteiger partial charge in [-0.15, -0.1) is 0 Å². The first-order chi connectivity index (χ1) is 13.7. The highest BCUT2D eigenvalue weighted by molar-refractivity contribution is 7.92. The average molecular weight is 449 g/mol. The third kappa shape index (κ3) is 5.50. The zero-order chi connectivity index (χ0) is 21.0. The Hall–Kier alpha value is -2.54. The number of carbonyl (C=O) groups excluding carboxylic acids is 1. The molecule has 0 atom stereocenters. The molecule has 3 aromatic carbocycles. The van der Waals surface area contributed by atoms with E-state index in [9.17, 15) is 13.2 Å². The smallest absolute Gasteiger partial charge is 0.261 e. The van der Waals surface area contributed by atoms with E-state index in [1.807, 2.05) is 12.1 Å². The van der Waals surface area contributed by atoms with E-state index in [0.717, 1.165) is 5.56 Å². The lowest BCUT2D eigenvalue weighted by Crippen LogP contribution is -2.26. The van der Waals surface area contributed by atoms with Crippen molar-refractivity contribution in [2.24, 2.45) is 0 Å². The summed E-state index contributed by atoms with van der Waals surface area (Å²) in [7, 11) is -2.04. The molecule has 1 N–H and O–H groups in total. The SMILES string of the molecule is CN(Cc1ccc(Cl)cc1)C(=O)c1ccc(NS(=O)(=O)c2ccc(Cl)cc2)cc1. The minimum atomic E-state index is -3.74. The first kappa shape index (κ1) is 21.2. The molecular formula is C21H18Cl2N2O3S. The Morgan fingerprint density at radius 2 is 1.38 bits per heavy atom. The maximum atomic E-state index is 12.6. The maximum Gasteiger partial charge on any atom is 0.261 e. The van der Waals surface area contributed by atoms with Gasteiger partial charge in [0.25, 0.3) is 15.9 Å². The number of benzene rings is 3. The highest BCUT2D eigenvalue weighted by atomic mass is 35.5. The molecule has 0 unspecified atom stereocenters. The number of carbonyl (C=O) groups is 1. The number of anilines is 1. The molecule has 0 fully saturated rings. The Morgan fingerprint density at radius 1 is 0.862 bits per heavy atom. The van der Waals surface area contributed by atoms with Crippen molar-refractivity contribution >= 4 is 44.8 Å². The van der Waals surface area contributed by atoms with Crippen LogP contribution in [0.4, 0.5) is 5.69 Å². The molecule has 0 saturated carbocycles. The number of hydrogen-bond acceptors (Lipinski definition) is 3. The van der Waals surface area contributed by atoms with Crippen LogP contribution >= 0.6 is 23.2 Å². The average Bonchev–Trinajstić information content (AvgIpc) is 2.70. The third-order valence-electron chi connectivity index (χ3n) is 4.19. The molecule has 0 aliphatic rings. The molecule has 0 aliphatic heterocycles. The van der Waals surface area contributed by atoms with E-state index in [2.05, 4.69) is 4.72 Å². The van der Waals surface area contributed by atoms with Gasteiger partial charge >= 0.3 is 0 Å². The van der Waals surface area contributed by atoms with Crippen molar-refractivity contribution in [3.8, 4) is 0 Å². The van der Waals surface area contributed by atoms with Crippen LogP contribution in [0.5, 0.6) is 0 Å². The maximum absolute atomic E-state index is 12.6. The summed E-state index contributed by atoms with van der Waals surface area (Å²) < 4.78 is 27.3. The van der Waals surface area contributed by atoms with Gasteiger partial charge in [-0.25, -0.2) is 8.42 Å². The van der Waals surface area contributed by atoms with E-state index in [-0.39, 0.29) is 10.8 Å². The highest BCUT2D eigenvalue weighted by Gasteiger charge is 2.16. The quantitative estimate of drug-likeness (QED) is 0.572. The molecule has 3 aromatic rings. The van der Waals surface area contributed by atoms with Crippen molar-refractivity contribution in [3.05, 3.63) is 94.0 Å². The summed E-state index contributed by atoms with van der Waals surface area (Å²) in [5, 5.41) is 1.09. The Morgan fingerprint density at radius 3 is 1.93 bits per heavy atom. The van der Waals surface area contributed by atoms with Crippen LogP contribution < -0.4 is 4.72 Å². The second kappa shape index (κ2) is 8.86. The zero-order valence-corrected chi connectivity index (χ0v) is 17.8. The van der Waals surface area contributed by atoms with Crippen LogP contribution in [0.25, 0.3) is 0 Å². The largest absolute Gasteiger partial charge is 0.337 e. The lowest BCUT2D eigenvalue weighted by molar-refractivity contribution is 0.0785. The number of nitrogens with one attached hydrogen (secondary N) is 1. The fraction of sp³-hybridized carbons (Fsp3) is 0.0952. The molecular weight excluding hydrogens is 431 g/mol. The van der Waals surface area contributed by atoms with Gasteiger partial charge in [0.2, 0.25) is 0 Å². The molecule has 8 heteroatoms. The monoisotopic (exact) mass is 448 g/mol. The molecule has 0 aromatic heterocycles. The first-order valence-corrected chi connectivity index (χ1v) is 10.9. The molecule has 3 rings (SSSR count). The fourth-order valence-corrected chi connectivity index (χ4v) is 3.98. The van der Waals surface area contributed by atoms with E-state index in [1.165, 1.54) is 24.3 Å². The number of nitrogens with zero attached hydrogens (tertiary/aromatic N) is 1. The second-order valence-corrected chi connectivity index (χ2v) is 8.98. The summed E-state index contributed by atoms with van der Waals surface area (Å²) in [6, 6.07) is 19.4. The van der Waals surface area contributed by atoms with Crippen LogP contribution in [0.15, 0.2) is 77.7 Å². The standard InChI is InChI=1S/C21H18Cl2N2O3S/c1-25(14-15-2-6-17(22)7-3-15)21(26)16-4-10-19(11-5-16)24-29(27,28)20-12-8-18(23)9-13-20/h2-13,24H,14H2,1H3. The minimum absolute atomic E-state index is 0.102. The summed E-state index contributed by atoms with van der Waals surface area (Å²) in [6.45, 7) is 0.431. The Kier molecular flexibility index (Phi) is 6.47. The zero-order valence-electron chi connectivity index (χ0n) is 15.5. The van der Waals surface area contributed by atoms with Crippen LogP contribution in [-0.4, -0.2) is 26.3 Å². The van der Waals surface area contributed by atoms with Gasteiger partial charge in [0.1, 0.15) is 0 Å².